The zero-order chi connectivity index (χ0) is 6.27. The first kappa shape index (κ1) is 4.55. The van der Waals surface area contributed by atoms with Crippen molar-refractivity contribution in [2.75, 3.05) is 5.32 Å². The topological polar surface area (TPSA) is 46.9 Å². The number of amides is 1. The Morgan fingerprint density at radius 1 is 1.78 bits per heavy atom. The molecule has 0 saturated carbocycles. The Bertz CT molecular complexity index is 230. The van der Waals surface area contributed by atoms with Gasteiger partial charge in [-0.25, -0.2) is 4.68 Å². The van der Waals surface area contributed by atoms with Crippen LogP contribution in [-0.2, 0) is 11.3 Å². The van der Waals surface area contributed by atoms with Crippen LogP contribution in [0.1, 0.15) is 0 Å². The number of hydrogen-bond donors (Lipinski definition) is 1. The molecule has 4 heteroatoms. The molecule has 0 aliphatic carbocycles. The van der Waals surface area contributed by atoms with Gasteiger partial charge in [0.25, 0.3) is 0 Å². The molecule has 46 valence electrons. The second-order valence-corrected chi connectivity index (χ2v) is 1.92. The van der Waals surface area contributed by atoms with E-state index in [-0.39, 0.29) is 5.91 Å². The third kappa shape index (κ3) is 0.526. The molecule has 4 nitrogen and oxygen atoms in total. The monoisotopic (exact) mass is 123 g/mol. The Balaban J connectivity index is 2.49. The van der Waals surface area contributed by atoms with Crippen molar-refractivity contribution in [2.45, 2.75) is 6.54 Å². The van der Waals surface area contributed by atoms with E-state index in [0.717, 1.165) is 5.82 Å². The molecular weight excluding hydrogens is 118 g/mol. The summed E-state index contributed by atoms with van der Waals surface area (Å²) in [4.78, 5) is 10.6. The van der Waals surface area contributed by atoms with Gasteiger partial charge in [-0.1, -0.05) is 0 Å². The van der Waals surface area contributed by atoms with E-state index in [1.807, 2.05) is 0 Å². The van der Waals surface area contributed by atoms with Gasteiger partial charge in [0.15, 0.2) is 0 Å². The first-order valence-corrected chi connectivity index (χ1v) is 2.68. The number of rotatable bonds is 0. The first-order valence-electron chi connectivity index (χ1n) is 2.68. The van der Waals surface area contributed by atoms with Gasteiger partial charge >= 0.3 is 0 Å². The third-order valence-electron chi connectivity index (χ3n) is 1.28. The van der Waals surface area contributed by atoms with E-state index in [1.165, 1.54) is 0 Å². The maximum atomic E-state index is 10.6. The number of fused-ring (bicyclic) bond motifs is 1. The molecule has 0 atom stereocenters. The summed E-state index contributed by atoms with van der Waals surface area (Å²) >= 11 is 0. The molecule has 0 radical (unpaired) electrons. The fourth-order valence-corrected chi connectivity index (χ4v) is 0.883. The lowest BCUT2D eigenvalue weighted by atomic mass is 10.6. The fourth-order valence-electron chi connectivity index (χ4n) is 0.883. The molecule has 0 fully saturated rings. The molecular formula is C5H5N3O. The molecule has 0 bridgehead atoms. The quantitative estimate of drug-likeness (QED) is 0.520. The van der Waals surface area contributed by atoms with Crippen LogP contribution < -0.4 is 5.32 Å². The van der Waals surface area contributed by atoms with E-state index in [0.29, 0.717) is 6.54 Å². The summed E-state index contributed by atoms with van der Waals surface area (Å²) < 4.78 is 1.63. The van der Waals surface area contributed by atoms with E-state index in [4.69, 9.17) is 0 Å². The molecule has 1 amide bonds. The Kier molecular flexibility index (Phi) is 0.677. The van der Waals surface area contributed by atoms with Crippen LogP contribution in [0, 0.1) is 0 Å². The standard InChI is InChI=1S/C5H5N3O/c9-5-3-8-4(7-5)1-2-6-8/h1-2H,3H2,(H,7,9). The Hall–Kier alpha value is -1.32. The van der Waals surface area contributed by atoms with E-state index >= 15 is 0 Å². The molecule has 0 spiro atoms. The van der Waals surface area contributed by atoms with Crippen molar-refractivity contribution in [3.8, 4) is 0 Å². The average molecular weight is 123 g/mol. The normalized spacial score (nSPS) is 15.3. The number of hydrogen-bond acceptors (Lipinski definition) is 2. The Labute approximate surface area is 51.5 Å². The van der Waals surface area contributed by atoms with Gasteiger partial charge in [0.2, 0.25) is 5.91 Å². The number of anilines is 1. The highest BCUT2D eigenvalue weighted by Gasteiger charge is 2.15. The summed E-state index contributed by atoms with van der Waals surface area (Å²) in [5.41, 5.74) is 0. The first-order chi connectivity index (χ1) is 4.36. The molecule has 2 rings (SSSR count). The predicted molar refractivity (Wildman–Crippen MR) is 30.9 cm³/mol. The largest absolute Gasteiger partial charge is 0.309 e. The number of aromatic nitrogens is 2. The molecule has 2 heterocycles. The van der Waals surface area contributed by atoms with Crippen LogP contribution in [0.4, 0.5) is 5.82 Å². The lowest BCUT2D eigenvalue weighted by molar-refractivity contribution is -0.115. The predicted octanol–water partition coefficient (Wildman–Crippen LogP) is -0.165. The van der Waals surface area contributed by atoms with Crippen molar-refractivity contribution in [1.82, 2.24) is 9.78 Å². The molecule has 1 aromatic heterocycles. The summed E-state index contributed by atoms with van der Waals surface area (Å²) in [7, 11) is 0. The number of carbonyl (C=O) groups excluding carboxylic acids is 1. The van der Waals surface area contributed by atoms with Gasteiger partial charge in [0.05, 0.1) is 6.20 Å². The number of nitrogens with zero attached hydrogens (tertiary/aromatic N) is 2. The average Bonchev–Trinajstić information content (AvgIpc) is 2.22. The summed E-state index contributed by atoms with van der Waals surface area (Å²) in [6, 6.07) is 1.77. The van der Waals surface area contributed by atoms with Gasteiger partial charge in [0.1, 0.15) is 12.4 Å². The molecule has 1 N–H and O–H groups in total. The molecule has 1 aliphatic heterocycles. The molecule has 9 heavy (non-hydrogen) atoms. The summed E-state index contributed by atoms with van der Waals surface area (Å²) in [5, 5.41) is 6.52. The molecule has 0 saturated heterocycles. The van der Waals surface area contributed by atoms with Gasteiger partial charge in [-0.15, -0.1) is 0 Å². The van der Waals surface area contributed by atoms with E-state index < -0.39 is 0 Å². The molecule has 1 aromatic rings. The van der Waals surface area contributed by atoms with Crippen LogP contribution in [0.3, 0.4) is 0 Å². The van der Waals surface area contributed by atoms with Gasteiger partial charge in [-0.05, 0) is 0 Å². The van der Waals surface area contributed by atoms with Crippen LogP contribution in [0.25, 0.3) is 0 Å². The van der Waals surface area contributed by atoms with E-state index in [9.17, 15) is 4.79 Å². The van der Waals surface area contributed by atoms with Crippen LogP contribution >= 0.6 is 0 Å². The minimum Gasteiger partial charge on any atom is -0.309 e. The van der Waals surface area contributed by atoms with Crippen molar-refractivity contribution in [3.63, 3.8) is 0 Å². The minimum atomic E-state index is 0.0121. The lowest BCUT2D eigenvalue weighted by Crippen LogP contribution is -2.05. The second kappa shape index (κ2) is 1.34. The highest BCUT2D eigenvalue weighted by Crippen LogP contribution is 2.11. The smallest absolute Gasteiger partial charge is 0.247 e. The second-order valence-electron chi connectivity index (χ2n) is 1.92. The fraction of sp³-hybridized carbons (Fsp3) is 0.200. The zero-order valence-corrected chi connectivity index (χ0v) is 4.66. The van der Waals surface area contributed by atoms with Gasteiger partial charge in [0, 0.05) is 6.07 Å². The molecule has 0 unspecified atom stereocenters. The van der Waals surface area contributed by atoms with Crippen molar-refractivity contribution < 1.29 is 4.79 Å². The lowest BCUT2D eigenvalue weighted by Gasteiger charge is -1.85. The number of nitrogens with one attached hydrogen (secondary N) is 1. The van der Waals surface area contributed by atoms with Gasteiger partial charge in [-0.2, -0.15) is 5.10 Å². The SMILES string of the molecule is O=C1Cn2nccc2N1. The van der Waals surface area contributed by atoms with E-state index in [2.05, 4.69) is 10.4 Å². The van der Waals surface area contributed by atoms with Crippen LogP contribution in [0.15, 0.2) is 12.3 Å². The van der Waals surface area contributed by atoms with Crippen LogP contribution in [0.2, 0.25) is 0 Å². The highest BCUT2D eigenvalue weighted by molar-refractivity contribution is 5.93. The van der Waals surface area contributed by atoms with Crippen LogP contribution in [-0.4, -0.2) is 15.7 Å². The number of carbonyl (C=O) groups is 1. The summed E-state index contributed by atoms with van der Waals surface area (Å²) in [6.45, 7) is 0.363. The van der Waals surface area contributed by atoms with Gasteiger partial charge < -0.3 is 5.32 Å². The minimum absolute atomic E-state index is 0.0121. The third-order valence-corrected chi connectivity index (χ3v) is 1.28. The Morgan fingerprint density at radius 2 is 2.67 bits per heavy atom. The molecule has 0 aromatic carbocycles. The van der Waals surface area contributed by atoms with E-state index in [1.54, 1.807) is 16.9 Å². The van der Waals surface area contributed by atoms with Crippen molar-refractivity contribution in [2.24, 2.45) is 0 Å². The van der Waals surface area contributed by atoms with Crippen molar-refractivity contribution >= 4 is 11.7 Å². The zero-order valence-electron chi connectivity index (χ0n) is 4.66. The Morgan fingerprint density at radius 3 is 3.44 bits per heavy atom. The summed E-state index contributed by atoms with van der Waals surface area (Å²) in [5.74, 6) is 0.804. The highest BCUT2D eigenvalue weighted by atomic mass is 16.2. The van der Waals surface area contributed by atoms with Crippen molar-refractivity contribution in [1.29, 1.82) is 0 Å². The summed E-state index contributed by atoms with van der Waals surface area (Å²) in [6.07, 6.45) is 1.66. The van der Waals surface area contributed by atoms with Crippen LogP contribution in [0.5, 0.6) is 0 Å². The maximum Gasteiger partial charge on any atom is 0.247 e. The molecule has 1 aliphatic rings. The van der Waals surface area contributed by atoms with Gasteiger partial charge in [-0.3, -0.25) is 4.79 Å². The maximum absolute atomic E-state index is 10.6. The van der Waals surface area contributed by atoms with Crippen molar-refractivity contribution in [3.05, 3.63) is 12.3 Å².